The maximum Gasteiger partial charge on any atom is 0.0616 e. The number of thiophene rings is 1. The summed E-state index contributed by atoms with van der Waals surface area (Å²) in [5.74, 6) is 0.626. The number of alkyl halides is 1. The number of benzene rings is 1. The fourth-order valence-corrected chi connectivity index (χ4v) is 4.02. The van der Waals surface area contributed by atoms with E-state index in [-0.39, 0.29) is 5.38 Å². The molecule has 94 valence electrons. The van der Waals surface area contributed by atoms with Gasteiger partial charge < -0.3 is 0 Å². The molecule has 18 heavy (non-hydrogen) atoms. The molecule has 0 spiro atoms. The number of halogens is 1. The summed E-state index contributed by atoms with van der Waals surface area (Å²) >= 11 is 8.44. The van der Waals surface area contributed by atoms with Crippen LogP contribution in [0.5, 0.6) is 0 Å². The second-order valence-corrected chi connectivity index (χ2v) is 6.32. The normalized spacial score (nSPS) is 22.7. The van der Waals surface area contributed by atoms with E-state index >= 15 is 0 Å². The van der Waals surface area contributed by atoms with Crippen molar-refractivity contribution in [2.45, 2.75) is 31.1 Å². The van der Waals surface area contributed by atoms with Crippen LogP contribution in [0.3, 0.4) is 0 Å². The van der Waals surface area contributed by atoms with E-state index in [1.807, 2.05) is 0 Å². The van der Waals surface area contributed by atoms with E-state index in [1.165, 1.54) is 42.4 Å². The lowest BCUT2D eigenvalue weighted by atomic mass is 9.81. The van der Waals surface area contributed by atoms with E-state index in [2.05, 4.69) is 41.1 Å². The molecule has 0 radical (unpaired) electrons. The van der Waals surface area contributed by atoms with Crippen LogP contribution in [-0.4, -0.2) is 0 Å². The van der Waals surface area contributed by atoms with Crippen molar-refractivity contribution >= 4 is 22.9 Å². The average molecular weight is 277 g/mol. The van der Waals surface area contributed by atoms with Crippen molar-refractivity contribution in [3.8, 4) is 0 Å². The van der Waals surface area contributed by atoms with Crippen molar-refractivity contribution in [2.75, 3.05) is 0 Å². The fourth-order valence-electron chi connectivity index (χ4n) is 2.85. The van der Waals surface area contributed by atoms with Crippen molar-refractivity contribution in [1.82, 2.24) is 0 Å². The minimum absolute atomic E-state index is 0.202. The van der Waals surface area contributed by atoms with Crippen LogP contribution < -0.4 is 0 Å². The standard InChI is InChI=1S/C16H17ClS/c17-16-14(6-5-12-9-10-18-11-12)8-7-13-3-1-2-4-15(13)16/h1-4,9-11,14,16H,5-8H2. The van der Waals surface area contributed by atoms with Crippen molar-refractivity contribution in [3.05, 3.63) is 57.8 Å². The predicted octanol–water partition coefficient (Wildman–Crippen LogP) is 5.22. The van der Waals surface area contributed by atoms with E-state index in [0.29, 0.717) is 5.92 Å². The third-order valence-electron chi connectivity index (χ3n) is 3.93. The Bertz CT molecular complexity index is 504. The maximum atomic E-state index is 6.66. The van der Waals surface area contributed by atoms with Crippen LogP contribution >= 0.6 is 22.9 Å². The minimum atomic E-state index is 0.202. The lowest BCUT2D eigenvalue weighted by Crippen LogP contribution is -2.17. The zero-order valence-corrected chi connectivity index (χ0v) is 11.9. The van der Waals surface area contributed by atoms with Crippen LogP contribution in [0, 0.1) is 5.92 Å². The zero-order chi connectivity index (χ0) is 12.4. The van der Waals surface area contributed by atoms with E-state index in [0.717, 1.165) is 0 Å². The van der Waals surface area contributed by atoms with Crippen LogP contribution in [0.1, 0.15) is 34.9 Å². The first kappa shape index (κ1) is 12.3. The first-order chi connectivity index (χ1) is 8.84. The Labute approximate surface area is 118 Å². The largest absolute Gasteiger partial charge is 0.152 e. The number of rotatable bonds is 3. The molecule has 0 saturated heterocycles. The Morgan fingerprint density at radius 2 is 2.11 bits per heavy atom. The van der Waals surface area contributed by atoms with Gasteiger partial charge in [0.2, 0.25) is 0 Å². The number of fused-ring (bicyclic) bond motifs is 1. The van der Waals surface area contributed by atoms with Crippen LogP contribution in [0.25, 0.3) is 0 Å². The van der Waals surface area contributed by atoms with Gasteiger partial charge in [-0.2, -0.15) is 11.3 Å². The Morgan fingerprint density at radius 1 is 1.22 bits per heavy atom. The Kier molecular flexibility index (Phi) is 3.72. The number of hydrogen-bond donors (Lipinski definition) is 0. The second-order valence-electron chi connectivity index (χ2n) is 5.07. The van der Waals surface area contributed by atoms with Gasteiger partial charge in [-0.1, -0.05) is 24.3 Å². The van der Waals surface area contributed by atoms with Gasteiger partial charge in [-0.25, -0.2) is 0 Å². The third kappa shape index (κ3) is 2.48. The van der Waals surface area contributed by atoms with Gasteiger partial charge in [0.15, 0.2) is 0 Å². The van der Waals surface area contributed by atoms with Crippen molar-refractivity contribution in [3.63, 3.8) is 0 Å². The molecular weight excluding hydrogens is 260 g/mol. The third-order valence-corrected chi connectivity index (χ3v) is 5.26. The van der Waals surface area contributed by atoms with Crippen LogP contribution in [0.4, 0.5) is 0 Å². The minimum Gasteiger partial charge on any atom is -0.152 e. The lowest BCUT2D eigenvalue weighted by Gasteiger charge is -2.29. The van der Waals surface area contributed by atoms with E-state index < -0.39 is 0 Å². The quantitative estimate of drug-likeness (QED) is 0.674. The van der Waals surface area contributed by atoms with Gasteiger partial charge in [-0.3, -0.25) is 0 Å². The van der Waals surface area contributed by atoms with Crippen molar-refractivity contribution in [1.29, 1.82) is 0 Å². The van der Waals surface area contributed by atoms with E-state index in [1.54, 1.807) is 11.3 Å². The Balaban J connectivity index is 1.69. The number of aryl methyl sites for hydroxylation is 2. The molecule has 0 amide bonds. The molecule has 0 nitrogen and oxygen atoms in total. The van der Waals surface area contributed by atoms with Gasteiger partial charge in [0.05, 0.1) is 5.38 Å². The molecule has 1 aromatic heterocycles. The topological polar surface area (TPSA) is 0 Å². The first-order valence-corrected chi connectivity index (χ1v) is 7.95. The molecule has 0 aliphatic heterocycles. The van der Waals surface area contributed by atoms with Crippen LogP contribution in [-0.2, 0) is 12.8 Å². The Morgan fingerprint density at radius 3 is 2.94 bits per heavy atom. The first-order valence-electron chi connectivity index (χ1n) is 6.57. The maximum absolute atomic E-state index is 6.66. The fraction of sp³-hybridized carbons (Fsp3) is 0.375. The van der Waals surface area contributed by atoms with E-state index in [4.69, 9.17) is 11.6 Å². The molecule has 2 atom stereocenters. The van der Waals surface area contributed by atoms with Gasteiger partial charge >= 0.3 is 0 Å². The highest BCUT2D eigenvalue weighted by Crippen LogP contribution is 2.41. The monoisotopic (exact) mass is 276 g/mol. The molecular formula is C16H17ClS. The molecule has 1 heterocycles. The molecule has 1 aliphatic carbocycles. The summed E-state index contributed by atoms with van der Waals surface area (Å²) in [7, 11) is 0. The molecule has 0 saturated carbocycles. The van der Waals surface area contributed by atoms with Crippen molar-refractivity contribution < 1.29 is 0 Å². The lowest BCUT2D eigenvalue weighted by molar-refractivity contribution is 0.415. The van der Waals surface area contributed by atoms with Gasteiger partial charge in [-0.15, -0.1) is 11.6 Å². The average Bonchev–Trinajstić information content (AvgIpc) is 2.91. The zero-order valence-electron chi connectivity index (χ0n) is 10.3. The van der Waals surface area contributed by atoms with Gasteiger partial charge in [0.1, 0.15) is 0 Å². The number of hydrogen-bond acceptors (Lipinski definition) is 1. The molecule has 2 aromatic rings. The summed E-state index contributed by atoms with van der Waals surface area (Å²) in [6.07, 6.45) is 4.79. The summed E-state index contributed by atoms with van der Waals surface area (Å²) in [5, 5.41) is 4.61. The van der Waals surface area contributed by atoms with Crippen molar-refractivity contribution in [2.24, 2.45) is 5.92 Å². The van der Waals surface area contributed by atoms with Crippen LogP contribution in [0.2, 0.25) is 0 Å². The molecule has 0 fully saturated rings. The Hall–Kier alpha value is -0.790. The SMILES string of the molecule is ClC1c2ccccc2CCC1CCc1ccsc1. The second kappa shape index (κ2) is 5.46. The predicted molar refractivity (Wildman–Crippen MR) is 79.5 cm³/mol. The molecule has 2 unspecified atom stereocenters. The smallest absolute Gasteiger partial charge is 0.0616 e. The summed E-state index contributed by atoms with van der Waals surface area (Å²) in [5.41, 5.74) is 4.27. The highest BCUT2D eigenvalue weighted by Gasteiger charge is 2.27. The summed E-state index contributed by atoms with van der Waals surface area (Å²) in [4.78, 5) is 0. The molecule has 0 bridgehead atoms. The van der Waals surface area contributed by atoms with Gasteiger partial charge in [0, 0.05) is 0 Å². The summed E-state index contributed by atoms with van der Waals surface area (Å²) in [6.45, 7) is 0. The summed E-state index contributed by atoms with van der Waals surface area (Å²) < 4.78 is 0. The van der Waals surface area contributed by atoms with Gasteiger partial charge in [0.25, 0.3) is 0 Å². The highest BCUT2D eigenvalue weighted by molar-refractivity contribution is 7.07. The molecule has 3 rings (SSSR count). The van der Waals surface area contributed by atoms with Crippen LogP contribution in [0.15, 0.2) is 41.1 Å². The highest BCUT2D eigenvalue weighted by atomic mass is 35.5. The molecule has 2 heteroatoms. The molecule has 1 aliphatic rings. The molecule has 0 N–H and O–H groups in total. The summed E-state index contributed by atoms with van der Waals surface area (Å²) in [6, 6.07) is 10.9. The van der Waals surface area contributed by atoms with E-state index in [9.17, 15) is 0 Å². The van der Waals surface area contributed by atoms with Gasteiger partial charge in [-0.05, 0) is 65.1 Å². The molecule has 1 aromatic carbocycles.